The molecule has 0 bridgehead atoms. The maximum absolute atomic E-state index is 15.1. The molecular weight excluding hydrogens is 788 g/mol. The van der Waals surface area contributed by atoms with Gasteiger partial charge < -0.3 is 29.7 Å². The number of carbonyl (C=O) groups excluding carboxylic acids is 4. The van der Waals surface area contributed by atoms with Gasteiger partial charge in [-0.3, -0.25) is 19.7 Å². The molecule has 1 aliphatic heterocycles. The number of nitrogens with one attached hydrogen (secondary N) is 2. The Kier molecular flexibility index (Phi) is 12.2. The third-order valence-electron chi connectivity index (χ3n) is 10.3. The fourth-order valence-electron chi connectivity index (χ4n) is 7.53. The molecular formula is C46H43ClN4O9. The average Bonchev–Trinajstić information content (AvgIpc) is 3.55. The highest BCUT2D eigenvalue weighted by Gasteiger charge is 2.46. The lowest BCUT2D eigenvalue weighted by Gasteiger charge is -2.43. The Morgan fingerprint density at radius 1 is 0.883 bits per heavy atom. The Balaban J connectivity index is 1.21. The molecule has 1 saturated heterocycles. The number of alkyl carbamates (subject to hydrolysis) is 1. The van der Waals surface area contributed by atoms with E-state index in [0.29, 0.717) is 17.9 Å². The van der Waals surface area contributed by atoms with E-state index in [2.05, 4.69) is 10.6 Å². The van der Waals surface area contributed by atoms with Gasteiger partial charge in [-0.2, -0.15) is 0 Å². The number of hydrogen-bond acceptors (Lipinski definition) is 9. The molecule has 7 rings (SSSR count). The summed E-state index contributed by atoms with van der Waals surface area (Å²) in [6.45, 7) is 5.24. The van der Waals surface area contributed by atoms with E-state index in [4.69, 9.17) is 25.8 Å². The monoisotopic (exact) mass is 830 g/mol. The zero-order chi connectivity index (χ0) is 42.6. The fourth-order valence-corrected chi connectivity index (χ4v) is 7.71. The van der Waals surface area contributed by atoms with Crippen LogP contribution in [0.3, 0.4) is 0 Å². The van der Waals surface area contributed by atoms with E-state index in [1.165, 1.54) is 12.1 Å². The number of amides is 3. The summed E-state index contributed by atoms with van der Waals surface area (Å²) < 4.78 is 17.5. The lowest BCUT2D eigenvalue weighted by molar-refractivity contribution is -0.384. The van der Waals surface area contributed by atoms with Gasteiger partial charge >= 0.3 is 12.1 Å². The first kappa shape index (κ1) is 41.4. The number of hydrogen-bond donors (Lipinski definition) is 2. The lowest BCUT2D eigenvalue weighted by atomic mass is 9.98. The van der Waals surface area contributed by atoms with Crippen molar-refractivity contribution in [2.45, 2.75) is 70.0 Å². The summed E-state index contributed by atoms with van der Waals surface area (Å²) in [5, 5.41) is 17.2. The highest BCUT2D eigenvalue weighted by Crippen LogP contribution is 2.44. The lowest BCUT2D eigenvalue weighted by Crippen LogP contribution is -2.63. The molecule has 0 aromatic heterocycles. The molecule has 1 fully saturated rings. The van der Waals surface area contributed by atoms with Crippen LogP contribution in [0.5, 0.6) is 5.75 Å². The first-order valence-corrected chi connectivity index (χ1v) is 19.8. The maximum atomic E-state index is 15.1. The number of nitro benzene ring substituents is 1. The van der Waals surface area contributed by atoms with Gasteiger partial charge in [-0.15, -0.1) is 0 Å². The minimum Gasteiger partial charge on any atom is -0.489 e. The summed E-state index contributed by atoms with van der Waals surface area (Å²) in [6, 6.07) is 33.4. The highest BCUT2D eigenvalue weighted by molar-refractivity contribution is 6.32. The van der Waals surface area contributed by atoms with Gasteiger partial charge in [0.05, 0.1) is 11.3 Å². The van der Waals surface area contributed by atoms with Crippen LogP contribution in [0.2, 0.25) is 5.02 Å². The molecule has 13 nitrogen and oxygen atoms in total. The van der Waals surface area contributed by atoms with Crippen molar-refractivity contribution in [3.63, 3.8) is 0 Å². The molecule has 0 unspecified atom stereocenters. The van der Waals surface area contributed by atoms with Crippen LogP contribution >= 0.6 is 11.6 Å². The van der Waals surface area contributed by atoms with E-state index < -0.39 is 64.8 Å². The van der Waals surface area contributed by atoms with E-state index in [9.17, 15) is 24.5 Å². The number of nitro groups is 1. The molecule has 5 aromatic rings. The van der Waals surface area contributed by atoms with Gasteiger partial charge in [0, 0.05) is 24.0 Å². The van der Waals surface area contributed by atoms with Gasteiger partial charge in [0.25, 0.3) is 5.69 Å². The van der Waals surface area contributed by atoms with Crippen molar-refractivity contribution in [3.05, 3.63) is 164 Å². The second-order valence-electron chi connectivity index (χ2n) is 15.6. The number of halogens is 1. The second-order valence-corrected chi connectivity index (χ2v) is 16.0. The van der Waals surface area contributed by atoms with E-state index in [0.717, 1.165) is 38.8 Å². The van der Waals surface area contributed by atoms with E-state index in [-0.39, 0.29) is 29.5 Å². The smallest absolute Gasteiger partial charge is 0.407 e. The zero-order valence-corrected chi connectivity index (χ0v) is 33.9. The number of ether oxygens (including phenoxy) is 3. The first-order chi connectivity index (χ1) is 28.8. The largest absolute Gasteiger partial charge is 0.489 e. The molecule has 14 heteroatoms. The van der Waals surface area contributed by atoms with E-state index >= 15 is 4.79 Å². The summed E-state index contributed by atoms with van der Waals surface area (Å²) in [4.78, 5) is 68.5. The van der Waals surface area contributed by atoms with Crippen LogP contribution < -0.4 is 15.4 Å². The van der Waals surface area contributed by atoms with Gasteiger partial charge in [0.2, 0.25) is 11.8 Å². The molecule has 308 valence electrons. The number of rotatable bonds is 12. The molecule has 3 atom stereocenters. The number of esters is 1. The summed E-state index contributed by atoms with van der Waals surface area (Å²) >= 11 is 6.15. The van der Waals surface area contributed by atoms with Crippen molar-refractivity contribution in [1.29, 1.82) is 0 Å². The zero-order valence-electron chi connectivity index (χ0n) is 33.1. The minimum absolute atomic E-state index is 0.0361. The molecule has 2 N–H and O–H groups in total. The SMILES string of the molecule is CC(C)(C)OC(=O)[C@@H]1CC(=O)N[C@H](c2ccc(Cl)c([N+](=O)[O-])c2)N1C(=O)[C@H](Cc1ccc(OCc2ccccc2)cc1)NC(=O)OCC1c2ccccc2-c2ccccc21. The summed E-state index contributed by atoms with van der Waals surface area (Å²) in [6.07, 6.45) is -2.85. The number of benzene rings is 5. The molecule has 1 aliphatic carbocycles. The molecule has 0 radical (unpaired) electrons. The fraction of sp³-hybridized carbons (Fsp3) is 0.261. The van der Waals surface area contributed by atoms with Crippen LogP contribution in [0.1, 0.15) is 67.1 Å². The van der Waals surface area contributed by atoms with Crippen molar-refractivity contribution in [2.24, 2.45) is 0 Å². The topological polar surface area (TPSA) is 166 Å². The number of fused-ring (bicyclic) bond motifs is 3. The van der Waals surface area contributed by atoms with Crippen LogP contribution in [0.15, 0.2) is 121 Å². The highest BCUT2D eigenvalue weighted by atomic mass is 35.5. The quantitative estimate of drug-likeness (QED) is 0.0719. The van der Waals surface area contributed by atoms with Crippen LogP contribution in [0, 0.1) is 10.1 Å². The Labute approximate surface area is 351 Å². The molecule has 0 spiro atoms. The van der Waals surface area contributed by atoms with Gasteiger partial charge in [-0.1, -0.05) is 109 Å². The maximum Gasteiger partial charge on any atom is 0.407 e. The van der Waals surface area contributed by atoms with Crippen molar-refractivity contribution >= 4 is 41.2 Å². The van der Waals surface area contributed by atoms with Crippen molar-refractivity contribution in [3.8, 4) is 16.9 Å². The first-order valence-electron chi connectivity index (χ1n) is 19.4. The summed E-state index contributed by atoms with van der Waals surface area (Å²) in [5.74, 6) is -1.96. The third-order valence-corrected chi connectivity index (χ3v) is 10.6. The predicted octanol–water partition coefficient (Wildman–Crippen LogP) is 8.03. The van der Waals surface area contributed by atoms with Gasteiger partial charge in [0.15, 0.2) is 0 Å². The van der Waals surface area contributed by atoms with Gasteiger partial charge in [-0.25, -0.2) is 9.59 Å². The predicted molar refractivity (Wildman–Crippen MR) is 223 cm³/mol. The minimum atomic E-state index is -1.48. The molecule has 0 saturated carbocycles. The standard InChI is InChI=1S/C46H43ClN4O9/c1-46(2,3)60-44(54)40-25-41(52)49-42(30-19-22-37(47)39(24-30)51(56)57)50(40)43(53)38(23-28-17-20-31(21-18-28)58-26-29-11-5-4-6-12-29)48-45(55)59-27-36-34-15-9-7-13-32(34)33-14-8-10-16-35(33)36/h4-22,24,36,38,40,42H,23,25-27H2,1-3H3,(H,48,55)(H,49,52)/t38-,40-,42-/m0/s1. The molecule has 1 heterocycles. The molecule has 60 heavy (non-hydrogen) atoms. The molecule has 5 aromatic carbocycles. The van der Waals surface area contributed by atoms with Crippen LogP contribution in [-0.2, 0) is 36.9 Å². The van der Waals surface area contributed by atoms with Crippen LogP contribution in [-0.4, -0.2) is 58.0 Å². The molecule has 3 amide bonds. The number of nitrogens with zero attached hydrogens (tertiary/aromatic N) is 2. The van der Waals surface area contributed by atoms with Crippen molar-refractivity contribution < 1.29 is 38.3 Å². The van der Waals surface area contributed by atoms with E-state index in [1.54, 1.807) is 45.0 Å². The number of carbonyl (C=O) groups is 4. The van der Waals surface area contributed by atoms with Gasteiger partial charge in [-0.05, 0) is 72.4 Å². The van der Waals surface area contributed by atoms with Crippen LogP contribution in [0.25, 0.3) is 11.1 Å². The van der Waals surface area contributed by atoms with E-state index in [1.807, 2.05) is 78.9 Å². The molecule has 2 aliphatic rings. The Morgan fingerprint density at radius 3 is 2.15 bits per heavy atom. The van der Waals surface area contributed by atoms with Gasteiger partial charge in [0.1, 0.15) is 47.8 Å². The third kappa shape index (κ3) is 9.42. The Hall–Kier alpha value is -6.73. The second kappa shape index (κ2) is 17.6. The Bertz CT molecular complexity index is 2370. The normalized spacial score (nSPS) is 16.5. The summed E-state index contributed by atoms with van der Waals surface area (Å²) in [7, 11) is 0. The van der Waals surface area contributed by atoms with Crippen molar-refractivity contribution in [2.75, 3.05) is 6.61 Å². The summed E-state index contributed by atoms with van der Waals surface area (Å²) in [5.41, 5.74) is 4.30. The van der Waals surface area contributed by atoms with Crippen molar-refractivity contribution in [1.82, 2.24) is 15.5 Å². The Morgan fingerprint density at radius 2 is 1.52 bits per heavy atom. The average molecular weight is 831 g/mol. The van der Waals surface area contributed by atoms with Crippen LogP contribution in [0.4, 0.5) is 10.5 Å².